The Labute approximate surface area is 172 Å². The Morgan fingerprint density at radius 1 is 0.679 bits per heavy atom. The second-order valence-corrected chi connectivity index (χ2v) is 17.9. The molecule has 0 spiro atoms. The summed E-state index contributed by atoms with van der Waals surface area (Å²) in [4.78, 5) is 0. The summed E-state index contributed by atoms with van der Waals surface area (Å²) in [6.45, 7) is 9.79. The molecule has 0 bridgehead atoms. The molecule has 1 atom stereocenters. The van der Waals surface area contributed by atoms with Crippen molar-refractivity contribution < 1.29 is 0 Å². The quantitative estimate of drug-likeness (QED) is 0.251. The maximum absolute atomic E-state index is 2.55. The van der Waals surface area contributed by atoms with Crippen molar-refractivity contribution in [3.8, 4) is 0 Å². The smallest absolute Gasteiger partial charge is 0.0915 e. The first-order valence-corrected chi connectivity index (χ1v) is 15.6. The topological polar surface area (TPSA) is 0 Å². The molecule has 0 saturated carbocycles. The van der Waals surface area contributed by atoms with Crippen LogP contribution in [-0.2, 0) is 0 Å². The number of benzene rings is 3. The van der Waals surface area contributed by atoms with Crippen LogP contribution in [0.4, 0.5) is 0 Å². The Morgan fingerprint density at radius 2 is 1.04 bits per heavy atom. The minimum absolute atomic E-state index is 0.642. The van der Waals surface area contributed by atoms with Crippen molar-refractivity contribution in [3.63, 3.8) is 0 Å². The zero-order valence-electron chi connectivity index (χ0n) is 17.5. The van der Waals surface area contributed by atoms with Crippen LogP contribution in [0.1, 0.15) is 13.3 Å². The SMILES string of the molecule is C/C=C/CC([Si](C)(C)C)[P+](c1ccccc1)(c1ccccc1)c1ccccc1. The third-order valence-electron chi connectivity index (χ3n) is 5.55. The number of allylic oxidation sites excluding steroid dienone is 2. The minimum atomic E-state index is -1.80. The summed E-state index contributed by atoms with van der Waals surface area (Å²) >= 11 is 0. The van der Waals surface area contributed by atoms with Crippen LogP contribution < -0.4 is 15.9 Å². The van der Waals surface area contributed by atoms with Crippen LogP contribution in [0.15, 0.2) is 103 Å². The van der Waals surface area contributed by atoms with Gasteiger partial charge in [-0.05, 0) is 49.7 Å². The van der Waals surface area contributed by atoms with Crippen molar-refractivity contribution in [2.24, 2.45) is 0 Å². The first-order chi connectivity index (χ1) is 13.5. The van der Waals surface area contributed by atoms with E-state index in [0.717, 1.165) is 6.42 Å². The monoisotopic (exact) mass is 403 g/mol. The molecule has 0 aromatic heterocycles. The van der Waals surface area contributed by atoms with Gasteiger partial charge in [-0.25, -0.2) is 0 Å². The van der Waals surface area contributed by atoms with E-state index in [0.29, 0.717) is 5.28 Å². The summed E-state index contributed by atoms with van der Waals surface area (Å²) in [7, 11) is -3.31. The average molecular weight is 404 g/mol. The third kappa shape index (κ3) is 4.07. The van der Waals surface area contributed by atoms with Crippen molar-refractivity contribution in [2.75, 3.05) is 0 Å². The maximum Gasteiger partial charge on any atom is 0.111 e. The van der Waals surface area contributed by atoms with E-state index in [4.69, 9.17) is 0 Å². The first kappa shape index (κ1) is 20.8. The van der Waals surface area contributed by atoms with Gasteiger partial charge < -0.3 is 0 Å². The molecule has 3 aromatic carbocycles. The molecule has 0 radical (unpaired) electrons. The van der Waals surface area contributed by atoms with Crippen LogP contribution in [0.2, 0.25) is 19.6 Å². The summed E-state index contributed by atoms with van der Waals surface area (Å²) < 4.78 is 0. The molecule has 2 heteroatoms. The van der Waals surface area contributed by atoms with Gasteiger partial charge in [-0.15, -0.1) is 0 Å². The van der Waals surface area contributed by atoms with Gasteiger partial charge in [0.05, 0.1) is 13.4 Å². The van der Waals surface area contributed by atoms with Gasteiger partial charge in [0.15, 0.2) is 0 Å². The van der Waals surface area contributed by atoms with Gasteiger partial charge in [-0.3, -0.25) is 0 Å². The first-order valence-electron chi connectivity index (χ1n) is 10.2. The maximum atomic E-state index is 2.55. The van der Waals surface area contributed by atoms with Crippen molar-refractivity contribution in [3.05, 3.63) is 103 Å². The normalized spacial score (nSPS) is 13.6. The molecule has 0 aliphatic rings. The van der Waals surface area contributed by atoms with Crippen molar-refractivity contribution in [1.29, 1.82) is 0 Å². The fraction of sp³-hybridized carbons (Fsp3) is 0.231. The van der Waals surface area contributed by atoms with Gasteiger partial charge in [0.25, 0.3) is 0 Å². The highest BCUT2D eigenvalue weighted by molar-refractivity contribution is 7.97. The van der Waals surface area contributed by atoms with E-state index >= 15 is 0 Å². The van der Waals surface area contributed by atoms with E-state index in [-0.39, 0.29) is 0 Å². The second-order valence-electron chi connectivity index (χ2n) is 8.42. The Balaban J connectivity index is 2.43. The van der Waals surface area contributed by atoms with Crippen molar-refractivity contribution in [2.45, 2.75) is 38.3 Å². The average Bonchev–Trinajstić information content (AvgIpc) is 2.72. The van der Waals surface area contributed by atoms with E-state index in [9.17, 15) is 0 Å². The molecule has 144 valence electrons. The molecule has 0 N–H and O–H groups in total. The zero-order valence-corrected chi connectivity index (χ0v) is 19.4. The predicted molar refractivity (Wildman–Crippen MR) is 132 cm³/mol. The largest absolute Gasteiger partial charge is 0.111 e. The van der Waals surface area contributed by atoms with Crippen LogP contribution in [0.3, 0.4) is 0 Å². The fourth-order valence-corrected chi connectivity index (χ4v) is 15.5. The Morgan fingerprint density at radius 3 is 1.32 bits per heavy atom. The third-order valence-corrected chi connectivity index (χ3v) is 15.8. The van der Waals surface area contributed by atoms with Gasteiger partial charge in [0.2, 0.25) is 0 Å². The molecule has 0 aliphatic carbocycles. The molecule has 28 heavy (non-hydrogen) atoms. The van der Waals surface area contributed by atoms with E-state index in [1.165, 1.54) is 15.9 Å². The van der Waals surface area contributed by atoms with Crippen LogP contribution in [-0.4, -0.2) is 13.4 Å². The van der Waals surface area contributed by atoms with Crippen LogP contribution in [0, 0.1) is 0 Å². The van der Waals surface area contributed by atoms with Crippen LogP contribution >= 0.6 is 7.26 Å². The highest BCUT2D eigenvalue weighted by Gasteiger charge is 2.56. The summed E-state index contributed by atoms with van der Waals surface area (Å²) in [5.41, 5.74) is 0. The number of hydrogen-bond donors (Lipinski definition) is 0. The van der Waals surface area contributed by atoms with E-state index < -0.39 is 15.3 Å². The van der Waals surface area contributed by atoms with Crippen LogP contribution in [0.25, 0.3) is 0 Å². The number of rotatable bonds is 7. The lowest BCUT2D eigenvalue weighted by Crippen LogP contribution is -2.49. The minimum Gasteiger partial charge on any atom is -0.0915 e. The van der Waals surface area contributed by atoms with Crippen molar-refractivity contribution in [1.82, 2.24) is 0 Å². The lowest BCUT2D eigenvalue weighted by atomic mass is 10.3. The summed E-state index contributed by atoms with van der Waals surface area (Å²) in [5.74, 6) is 0. The Bertz CT molecular complexity index is 783. The standard InChI is InChI=1S/C26H32PSi/c1-5-6-22-26(28(2,3)4)27(23-16-10-7-11-17-23,24-18-12-8-13-19-24)25-20-14-9-15-21-25/h5-21,26H,22H2,1-4H3/q+1/b6-5+. The summed E-state index contributed by atoms with van der Waals surface area (Å²) in [6, 6.07) is 33.9. The van der Waals surface area contributed by atoms with Gasteiger partial charge in [-0.1, -0.05) is 86.4 Å². The van der Waals surface area contributed by atoms with Crippen LogP contribution in [0.5, 0.6) is 0 Å². The number of hydrogen-bond acceptors (Lipinski definition) is 0. The molecule has 0 heterocycles. The highest BCUT2D eigenvalue weighted by atomic mass is 31.2. The molecule has 0 fully saturated rings. The summed E-state index contributed by atoms with van der Waals surface area (Å²) in [5, 5.41) is 5.15. The molecular formula is C26H32PSi+. The summed E-state index contributed by atoms with van der Waals surface area (Å²) in [6.07, 6.45) is 5.76. The predicted octanol–water partition coefficient (Wildman–Crippen LogP) is 6.19. The molecule has 0 amide bonds. The zero-order chi connectivity index (χ0) is 20.0. The van der Waals surface area contributed by atoms with Gasteiger partial charge in [-0.2, -0.15) is 0 Å². The van der Waals surface area contributed by atoms with E-state index in [1.54, 1.807) is 0 Å². The fourth-order valence-electron chi connectivity index (χ4n) is 4.33. The van der Waals surface area contributed by atoms with E-state index in [1.807, 2.05) is 0 Å². The van der Waals surface area contributed by atoms with Crippen molar-refractivity contribution >= 4 is 31.2 Å². The van der Waals surface area contributed by atoms with Gasteiger partial charge in [0.1, 0.15) is 23.2 Å². The molecular weight excluding hydrogens is 371 g/mol. The van der Waals surface area contributed by atoms with Gasteiger partial charge >= 0.3 is 0 Å². The second kappa shape index (κ2) is 9.03. The lowest BCUT2D eigenvalue weighted by Gasteiger charge is -2.40. The molecule has 1 unspecified atom stereocenters. The van der Waals surface area contributed by atoms with E-state index in [2.05, 4.69) is 130 Å². The Hall–Kier alpha value is -1.95. The molecule has 0 nitrogen and oxygen atoms in total. The molecule has 0 saturated heterocycles. The van der Waals surface area contributed by atoms with Gasteiger partial charge in [0, 0.05) is 0 Å². The lowest BCUT2D eigenvalue weighted by molar-refractivity contribution is 1.09. The highest BCUT2D eigenvalue weighted by Crippen LogP contribution is 2.63. The molecule has 3 aromatic rings. The molecule has 3 rings (SSSR count). The molecule has 0 aliphatic heterocycles. The Kier molecular flexibility index (Phi) is 6.70.